The largest absolute Gasteiger partial charge is 0.348 e. The van der Waals surface area contributed by atoms with E-state index in [0.717, 1.165) is 23.5 Å². The van der Waals surface area contributed by atoms with E-state index in [0.29, 0.717) is 0 Å². The topological polar surface area (TPSA) is 71.8 Å². The molecule has 23 heavy (non-hydrogen) atoms. The molecule has 0 aliphatic carbocycles. The predicted octanol–water partition coefficient (Wildman–Crippen LogP) is 4.33. The zero-order chi connectivity index (χ0) is 16.2. The summed E-state index contributed by atoms with van der Waals surface area (Å²) < 4.78 is 0. The van der Waals surface area contributed by atoms with Crippen molar-refractivity contribution in [3.05, 3.63) is 82.3 Å². The molecule has 0 amide bonds. The molecule has 5 nitrogen and oxygen atoms in total. The SMILES string of the molecule is C[C@@H](Cc1ccccc1)c1nc(-c2ccc([N+](=O)[O-])cc2)c[nH]1. The number of H-pyrrole nitrogens is 1. The van der Waals surface area contributed by atoms with Gasteiger partial charge in [-0.15, -0.1) is 0 Å². The first-order chi connectivity index (χ1) is 11.1. The second kappa shape index (κ2) is 6.44. The highest BCUT2D eigenvalue weighted by Gasteiger charge is 2.12. The van der Waals surface area contributed by atoms with Crippen LogP contribution in [0.5, 0.6) is 0 Å². The summed E-state index contributed by atoms with van der Waals surface area (Å²) in [6.07, 6.45) is 2.76. The number of non-ortho nitro benzene ring substituents is 1. The predicted molar refractivity (Wildman–Crippen MR) is 89.2 cm³/mol. The number of hydrogen-bond acceptors (Lipinski definition) is 3. The van der Waals surface area contributed by atoms with Crippen molar-refractivity contribution in [1.29, 1.82) is 0 Å². The van der Waals surface area contributed by atoms with Crippen molar-refractivity contribution in [3.8, 4) is 11.3 Å². The van der Waals surface area contributed by atoms with Crippen LogP contribution in [0.25, 0.3) is 11.3 Å². The maximum atomic E-state index is 10.7. The number of hydrogen-bond donors (Lipinski definition) is 1. The Hall–Kier alpha value is -2.95. The lowest BCUT2D eigenvalue weighted by molar-refractivity contribution is -0.384. The van der Waals surface area contributed by atoms with Crippen LogP contribution in [0.1, 0.15) is 24.2 Å². The summed E-state index contributed by atoms with van der Waals surface area (Å²) in [5.41, 5.74) is 3.02. The lowest BCUT2D eigenvalue weighted by Gasteiger charge is -2.08. The van der Waals surface area contributed by atoms with Crippen LogP contribution in [0.15, 0.2) is 60.8 Å². The Morgan fingerprint density at radius 1 is 1.13 bits per heavy atom. The first-order valence-corrected chi connectivity index (χ1v) is 7.47. The zero-order valence-electron chi connectivity index (χ0n) is 12.8. The fourth-order valence-corrected chi connectivity index (χ4v) is 2.56. The smallest absolute Gasteiger partial charge is 0.269 e. The normalized spacial score (nSPS) is 12.0. The lowest BCUT2D eigenvalue weighted by atomic mass is 10.0. The molecule has 0 aliphatic rings. The number of nitro benzene ring substituents is 1. The molecule has 3 rings (SSSR count). The van der Waals surface area contributed by atoms with Gasteiger partial charge in [0.15, 0.2) is 0 Å². The monoisotopic (exact) mass is 307 g/mol. The zero-order valence-corrected chi connectivity index (χ0v) is 12.8. The molecule has 5 heteroatoms. The van der Waals surface area contributed by atoms with E-state index >= 15 is 0 Å². The molecule has 116 valence electrons. The maximum absolute atomic E-state index is 10.7. The van der Waals surface area contributed by atoms with Crippen LogP contribution >= 0.6 is 0 Å². The third-order valence-electron chi connectivity index (χ3n) is 3.82. The Labute approximate surface area is 134 Å². The number of benzene rings is 2. The maximum Gasteiger partial charge on any atom is 0.269 e. The number of nitrogens with zero attached hydrogens (tertiary/aromatic N) is 2. The highest BCUT2D eigenvalue weighted by atomic mass is 16.6. The first kappa shape index (κ1) is 15.0. The fraction of sp³-hybridized carbons (Fsp3) is 0.167. The summed E-state index contributed by atoms with van der Waals surface area (Å²) in [6.45, 7) is 2.13. The molecule has 0 radical (unpaired) electrons. The highest BCUT2D eigenvalue weighted by Crippen LogP contribution is 2.24. The van der Waals surface area contributed by atoms with Crippen molar-refractivity contribution in [1.82, 2.24) is 9.97 Å². The molecule has 3 aromatic rings. The number of nitro groups is 1. The van der Waals surface area contributed by atoms with Gasteiger partial charge in [-0.1, -0.05) is 37.3 Å². The van der Waals surface area contributed by atoms with Crippen LogP contribution in [0.2, 0.25) is 0 Å². The summed E-state index contributed by atoms with van der Waals surface area (Å²) >= 11 is 0. The van der Waals surface area contributed by atoms with Crippen molar-refractivity contribution < 1.29 is 4.92 Å². The first-order valence-electron chi connectivity index (χ1n) is 7.47. The molecule has 0 aliphatic heterocycles. The molecule has 0 fully saturated rings. The summed E-state index contributed by atoms with van der Waals surface area (Å²) in [4.78, 5) is 18.1. The van der Waals surface area contributed by atoms with E-state index in [1.807, 2.05) is 24.4 Å². The molecular formula is C18H17N3O2. The van der Waals surface area contributed by atoms with Crippen LogP contribution in [-0.2, 0) is 6.42 Å². The van der Waals surface area contributed by atoms with Gasteiger partial charge in [-0.25, -0.2) is 4.98 Å². The molecule has 0 unspecified atom stereocenters. The van der Waals surface area contributed by atoms with Gasteiger partial charge in [0.05, 0.1) is 10.6 Å². The standard InChI is InChI=1S/C18H17N3O2/c1-13(11-14-5-3-2-4-6-14)18-19-12-17(20-18)15-7-9-16(10-8-15)21(22)23/h2-10,12-13H,11H2,1H3,(H,19,20)/t13-/m0/s1. The van der Waals surface area contributed by atoms with Crippen LogP contribution < -0.4 is 0 Å². The van der Waals surface area contributed by atoms with Gasteiger partial charge in [-0.2, -0.15) is 0 Å². The van der Waals surface area contributed by atoms with Gasteiger partial charge in [-0.3, -0.25) is 10.1 Å². The van der Waals surface area contributed by atoms with E-state index in [4.69, 9.17) is 0 Å². The van der Waals surface area contributed by atoms with E-state index in [-0.39, 0.29) is 11.6 Å². The number of imidazole rings is 1. The van der Waals surface area contributed by atoms with Crippen molar-refractivity contribution in [2.24, 2.45) is 0 Å². The molecule has 0 spiro atoms. The lowest BCUT2D eigenvalue weighted by Crippen LogP contribution is -2.00. The van der Waals surface area contributed by atoms with Crippen LogP contribution in [0.4, 0.5) is 5.69 Å². The molecule has 0 saturated carbocycles. The quantitative estimate of drug-likeness (QED) is 0.563. The van der Waals surface area contributed by atoms with Gasteiger partial charge >= 0.3 is 0 Å². The number of aromatic nitrogens is 2. The third kappa shape index (κ3) is 3.45. The third-order valence-corrected chi connectivity index (χ3v) is 3.82. The fourth-order valence-electron chi connectivity index (χ4n) is 2.56. The van der Waals surface area contributed by atoms with Gasteiger partial charge in [0, 0.05) is 29.8 Å². The van der Waals surface area contributed by atoms with Crippen molar-refractivity contribution in [2.45, 2.75) is 19.3 Å². The minimum absolute atomic E-state index is 0.0851. The molecule has 1 N–H and O–H groups in total. The minimum atomic E-state index is -0.401. The number of rotatable bonds is 5. The molecule has 1 heterocycles. The summed E-state index contributed by atoms with van der Waals surface area (Å²) in [5.74, 6) is 1.19. The molecule has 0 bridgehead atoms. The molecular weight excluding hydrogens is 290 g/mol. The highest BCUT2D eigenvalue weighted by molar-refractivity contribution is 5.60. The molecule has 1 atom stereocenters. The van der Waals surface area contributed by atoms with Crippen LogP contribution in [-0.4, -0.2) is 14.9 Å². The van der Waals surface area contributed by atoms with E-state index in [2.05, 4.69) is 29.0 Å². The Morgan fingerprint density at radius 2 is 1.83 bits per heavy atom. The van der Waals surface area contributed by atoms with Gasteiger partial charge < -0.3 is 4.98 Å². The van der Waals surface area contributed by atoms with E-state index in [1.54, 1.807) is 12.1 Å². The Kier molecular flexibility index (Phi) is 4.19. The number of aromatic amines is 1. The van der Waals surface area contributed by atoms with E-state index in [1.165, 1.54) is 17.7 Å². The van der Waals surface area contributed by atoms with Gasteiger partial charge in [0.1, 0.15) is 5.82 Å². The molecule has 2 aromatic carbocycles. The summed E-state index contributed by atoms with van der Waals surface area (Å²) in [7, 11) is 0. The minimum Gasteiger partial charge on any atom is -0.348 e. The van der Waals surface area contributed by atoms with Crippen LogP contribution in [0, 0.1) is 10.1 Å². The Bertz CT molecular complexity index is 795. The summed E-state index contributed by atoms with van der Waals surface area (Å²) in [6, 6.07) is 16.7. The van der Waals surface area contributed by atoms with E-state index in [9.17, 15) is 10.1 Å². The molecule has 1 aromatic heterocycles. The van der Waals surface area contributed by atoms with Crippen molar-refractivity contribution >= 4 is 5.69 Å². The van der Waals surface area contributed by atoms with E-state index < -0.39 is 4.92 Å². The second-order valence-corrected chi connectivity index (χ2v) is 5.57. The average molecular weight is 307 g/mol. The average Bonchev–Trinajstić information content (AvgIpc) is 3.06. The van der Waals surface area contributed by atoms with Crippen molar-refractivity contribution in [3.63, 3.8) is 0 Å². The van der Waals surface area contributed by atoms with Gasteiger partial charge in [0.2, 0.25) is 0 Å². The van der Waals surface area contributed by atoms with Crippen molar-refractivity contribution in [2.75, 3.05) is 0 Å². The second-order valence-electron chi connectivity index (χ2n) is 5.57. The van der Waals surface area contributed by atoms with Gasteiger partial charge in [-0.05, 0) is 24.1 Å². The summed E-state index contributed by atoms with van der Waals surface area (Å²) in [5, 5.41) is 10.7. The Balaban J connectivity index is 1.76. The van der Waals surface area contributed by atoms with Gasteiger partial charge in [0.25, 0.3) is 5.69 Å². The Morgan fingerprint density at radius 3 is 2.48 bits per heavy atom. The molecule has 0 saturated heterocycles. The number of nitrogens with one attached hydrogen (secondary N) is 1. The van der Waals surface area contributed by atoms with Crippen LogP contribution in [0.3, 0.4) is 0 Å².